The predicted octanol–water partition coefficient (Wildman–Crippen LogP) is 2.76. The fourth-order valence-electron chi connectivity index (χ4n) is 2.67. The molecule has 0 unspecified atom stereocenters. The van der Waals surface area contributed by atoms with Crippen molar-refractivity contribution < 1.29 is 4.79 Å². The SMILES string of the molecule is O=C1CC[C@H](Cl)[C@H]2CCCC[C@H]12. The van der Waals surface area contributed by atoms with E-state index in [1.165, 1.54) is 19.3 Å². The maximum absolute atomic E-state index is 11.5. The smallest absolute Gasteiger partial charge is 0.136 e. The average molecular weight is 187 g/mol. The minimum atomic E-state index is 0.285. The number of Topliss-reactive ketones (excluding diaryl/α,β-unsaturated/α-hetero) is 1. The molecule has 0 saturated heterocycles. The van der Waals surface area contributed by atoms with Crippen molar-refractivity contribution in [3.8, 4) is 0 Å². The summed E-state index contributed by atoms with van der Waals surface area (Å²) in [5.74, 6) is 1.33. The minimum absolute atomic E-state index is 0.285. The number of alkyl halides is 1. The largest absolute Gasteiger partial charge is 0.299 e. The third kappa shape index (κ3) is 1.39. The summed E-state index contributed by atoms with van der Waals surface area (Å²) >= 11 is 6.20. The molecule has 0 aromatic rings. The van der Waals surface area contributed by atoms with Gasteiger partial charge in [-0.1, -0.05) is 12.8 Å². The molecule has 2 saturated carbocycles. The van der Waals surface area contributed by atoms with Gasteiger partial charge in [0.15, 0.2) is 0 Å². The van der Waals surface area contributed by atoms with E-state index >= 15 is 0 Å². The fraction of sp³-hybridized carbons (Fsp3) is 0.900. The van der Waals surface area contributed by atoms with Gasteiger partial charge in [0, 0.05) is 17.7 Å². The van der Waals surface area contributed by atoms with Gasteiger partial charge in [0.2, 0.25) is 0 Å². The first-order chi connectivity index (χ1) is 5.79. The van der Waals surface area contributed by atoms with E-state index in [1.807, 2.05) is 0 Å². The number of carbonyl (C=O) groups is 1. The molecule has 2 fully saturated rings. The Balaban J connectivity index is 2.11. The van der Waals surface area contributed by atoms with Crippen molar-refractivity contribution in [1.82, 2.24) is 0 Å². The molecule has 0 heterocycles. The van der Waals surface area contributed by atoms with Crippen LogP contribution < -0.4 is 0 Å². The lowest BCUT2D eigenvalue weighted by Crippen LogP contribution is -2.37. The molecule has 2 heteroatoms. The Morgan fingerprint density at radius 3 is 2.67 bits per heavy atom. The van der Waals surface area contributed by atoms with Gasteiger partial charge in [-0.2, -0.15) is 0 Å². The summed E-state index contributed by atoms with van der Waals surface area (Å²) in [5, 5.41) is 0.285. The lowest BCUT2D eigenvalue weighted by Gasteiger charge is -2.37. The fourth-order valence-corrected chi connectivity index (χ4v) is 3.08. The van der Waals surface area contributed by atoms with Crippen LogP contribution in [0.3, 0.4) is 0 Å². The number of halogens is 1. The Hall–Kier alpha value is -0.0400. The maximum Gasteiger partial charge on any atom is 0.136 e. The summed E-state index contributed by atoms with van der Waals surface area (Å²) in [6.07, 6.45) is 6.45. The molecule has 68 valence electrons. The van der Waals surface area contributed by atoms with Gasteiger partial charge >= 0.3 is 0 Å². The van der Waals surface area contributed by atoms with Gasteiger partial charge in [0.25, 0.3) is 0 Å². The molecule has 0 spiro atoms. The summed E-state index contributed by atoms with van der Waals surface area (Å²) < 4.78 is 0. The summed E-state index contributed by atoms with van der Waals surface area (Å²) in [7, 11) is 0. The maximum atomic E-state index is 11.5. The summed E-state index contributed by atoms with van der Waals surface area (Å²) in [5.41, 5.74) is 0. The lowest BCUT2D eigenvalue weighted by atomic mass is 9.70. The third-order valence-corrected chi connectivity index (χ3v) is 3.91. The number of rotatable bonds is 0. The lowest BCUT2D eigenvalue weighted by molar-refractivity contribution is -0.127. The third-order valence-electron chi connectivity index (χ3n) is 3.36. The molecule has 0 N–H and O–H groups in total. The van der Waals surface area contributed by atoms with Gasteiger partial charge in [-0.3, -0.25) is 4.79 Å². The standard InChI is InChI=1S/C10H15ClO/c11-9-5-6-10(12)8-4-2-1-3-7(8)9/h7-9H,1-6H2/t7-,8-,9-/m0/s1. The molecule has 3 atom stereocenters. The van der Waals surface area contributed by atoms with Crippen molar-refractivity contribution in [1.29, 1.82) is 0 Å². The molecule has 1 nitrogen and oxygen atoms in total. The van der Waals surface area contributed by atoms with Crippen molar-refractivity contribution >= 4 is 17.4 Å². The van der Waals surface area contributed by atoms with E-state index in [4.69, 9.17) is 11.6 Å². The summed E-state index contributed by atoms with van der Waals surface area (Å²) in [6.45, 7) is 0. The molecular weight excluding hydrogens is 172 g/mol. The Labute approximate surface area is 78.5 Å². The molecule has 0 bridgehead atoms. The minimum Gasteiger partial charge on any atom is -0.299 e. The molecule has 0 aromatic heterocycles. The van der Waals surface area contributed by atoms with Crippen LogP contribution in [0.5, 0.6) is 0 Å². The number of hydrogen-bond donors (Lipinski definition) is 0. The van der Waals surface area contributed by atoms with Gasteiger partial charge in [0.05, 0.1) is 0 Å². The van der Waals surface area contributed by atoms with E-state index in [9.17, 15) is 4.79 Å². The molecule has 2 aliphatic carbocycles. The average Bonchev–Trinajstić information content (AvgIpc) is 2.12. The topological polar surface area (TPSA) is 17.1 Å². The van der Waals surface area contributed by atoms with Crippen LogP contribution in [0, 0.1) is 11.8 Å². The van der Waals surface area contributed by atoms with Gasteiger partial charge in [0.1, 0.15) is 5.78 Å². The van der Waals surface area contributed by atoms with Gasteiger partial charge < -0.3 is 0 Å². The predicted molar refractivity (Wildman–Crippen MR) is 49.3 cm³/mol. The zero-order valence-corrected chi connectivity index (χ0v) is 8.02. The van der Waals surface area contributed by atoms with E-state index in [-0.39, 0.29) is 5.38 Å². The van der Waals surface area contributed by atoms with Crippen molar-refractivity contribution in [2.24, 2.45) is 11.8 Å². The first kappa shape index (κ1) is 8.55. The second kappa shape index (κ2) is 3.37. The molecule has 2 aliphatic rings. The van der Waals surface area contributed by atoms with Gasteiger partial charge in [-0.15, -0.1) is 11.6 Å². The number of carbonyl (C=O) groups excluding carboxylic acids is 1. The molecule has 0 aliphatic heterocycles. The molecule has 0 radical (unpaired) electrons. The highest BCUT2D eigenvalue weighted by atomic mass is 35.5. The highest BCUT2D eigenvalue weighted by Crippen LogP contribution is 2.40. The van der Waals surface area contributed by atoms with Crippen LogP contribution in [0.1, 0.15) is 38.5 Å². The van der Waals surface area contributed by atoms with Crippen molar-refractivity contribution in [2.45, 2.75) is 43.9 Å². The highest BCUT2D eigenvalue weighted by molar-refractivity contribution is 6.21. The summed E-state index contributed by atoms with van der Waals surface area (Å²) in [4.78, 5) is 11.5. The van der Waals surface area contributed by atoms with Crippen LogP contribution >= 0.6 is 11.6 Å². The Bertz CT molecular complexity index is 190. The monoisotopic (exact) mass is 186 g/mol. The Morgan fingerprint density at radius 2 is 1.92 bits per heavy atom. The van der Waals surface area contributed by atoms with Crippen LogP contribution in [-0.2, 0) is 4.79 Å². The zero-order valence-electron chi connectivity index (χ0n) is 7.26. The summed E-state index contributed by atoms with van der Waals surface area (Å²) in [6, 6.07) is 0. The first-order valence-corrected chi connectivity index (χ1v) is 5.39. The van der Waals surface area contributed by atoms with Crippen LogP contribution in [0.4, 0.5) is 0 Å². The van der Waals surface area contributed by atoms with Gasteiger partial charge in [-0.25, -0.2) is 0 Å². The second-order valence-corrected chi connectivity index (χ2v) is 4.64. The van der Waals surface area contributed by atoms with Crippen molar-refractivity contribution in [3.63, 3.8) is 0 Å². The molecule has 2 rings (SSSR count). The number of fused-ring (bicyclic) bond motifs is 1. The first-order valence-electron chi connectivity index (χ1n) is 4.96. The normalized spacial score (nSPS) is 42.4. The van der Waals surface area contributed by atoms with Crippen LogP contribution in [-0.4, -0.2) is 11.2 Å². The molecule has 12 heavy (non-hydrogen) atoms. The second-order valence-electron chi connectivity index (χ2n) is 4.08. The van der Waals surface area contributed by atoms with E-state index < -0.39 is 0 Å². The Morgan fingerprint density at radius 1 is 1.17 bits per heavy atom. The van der Waals surface area contributed by atoms with E-state index in [2.05, 4.69) is 0 Å². The quantitative estimate of drug-likeness (QED) is 0.532. The van der Waals surface area contributed by atoms with Crippen LogP contribution in [0.25, 0.3) is 0 Å². The van der Waals surface area contributed by atoms with Crippen LogP contribution in [0.15, 0.2) is 0 Å². The van der Waals surface area contributed by atoms with Crippen molar-refractivity contribution in [2.75, 3.05) is 0 Å². The Kier molecular flexibility index (Phi) is 2.40. The van der Waals surface area contributed by atoms with Crippen molar-refractivity contribution in [3.05, 3.63) is 0 Å². The van der Waals surface area contributed by atoms with E-state index in [0.29, 0.717) is 17.6 Å². The van der Waals surface area contributed by atoms with Gasteiger partial charge in [-0.05, 0) is 25.2 Å². The molecule has 0 aromatic carbocycles. The molecule has 0 amide bonds. The number of ketones is 1. The van der Waals surface area contributed by atoms with Crippen LogP contribution in [0.2, 0.25) is 0 Å². The highest BCUT2D eigenvalue weighted by Gasteiger charge is 2.38. The van der Waals surface area contributed by atoms with E-state index in [0.717, 1.165) is 19.3 Å². The number of hydrogen-bond acceptors (Lipinski definition) is 1. The van der Waals surface area contributed by atoms with E-state index in [1.54, 1.807) is 0 Å². The zero-order chi connectivity index (χ0) is 8.55. The molecular formula is C10H15ClO.